The maximum atomic E-state index is 12.7. The maximum Gasteiger partial charge on any atom is 0.406 e. The fourth-order valence-electron chi connectivity index (χ4n) is 1.73. The van der Waals surface area contributed by atoms with Gasteiger partial charge in [0, 0.05) is 24.7 Å². The number of hydrogen-bond acceptors (Lipinski definition) is 2. The molecule has 4 nitrogen and oxygen atoms in total. The van der Waals surface area contributed by atoms with E-state index in [1.807, 2.05) is 0 Å². The lowest BCUT2D eigenvalue weighted by Gasteiger charge is -2.25. The van der Waals surface area contributed by atoms with Crippen LogP contribution in [0.1, 0.15) is 15.9 Å². The minimum atomic E-state index is -4.60. The van der Waals surface area contributed by atoms with Gasteiger partial charge in [0.15, 0.2) is 0 Å². The van der Waals surface area contributed by atoms with Gasteiger partial charge in [0.25, 0.3) is 5.91 Å². The molecule has 1 aromatic rings. The maximum absolute atomic E-state index is 12.7. The molecule has 0 aliphatic carbocycles. The summed E-state index contributed by atoms with van der Waals surface area (Å²) in [5, 5.41) is 0.275. The van der Waals surface area contributed by atoms with Crippen LogP contribution in [0.4, 0.5) is 13.2 Å². The van der Waals surface area contributed by atoms with Crippen LogP contribution in [0.15, 0.2) is 18.2 Å². The fraction of sp³-hybridized carbons (Fsp3) is 0.429. The summed E-state index contributed by atoms with van der Waals surface area (Å²) in [5.74, 6) is -1.48. The van der Waals surface area contributed by atoms with Crippen LogP contribution < -0.4 is 0 Å². The number of carbonyl (C=O) groups excluding carboxylic acids is 2. The second-order valence-corrected chi connectivity index (χ2v) is 5.38. The molecule has 8 heteroatoms. The van der Waals surface area contributed by atoms with Crippen LogP contribution in [0, 0.1) is 6.92 Å². The van der Waals surface area contributed by atoms with E-state index in [1.165, 1.54) is 39.2 Å². The molecule has 22 heavy (non-hydrogen) atoms. The van der Waals surface area contributed by atoms with Gasteiger partial charge in [0.1, 0.15) is 13.1 Å². The number of likely N-dealkylation sites (N-methyl/N-ethyl adjacent to an activating group) is 1. The normalized spacial score (nSPS) is 11.2. The van der Waals surface area contributed by atoms with Crippen molar-refractivity contribution >= 4 is 23.4 Å². The minimum absolute atomic E-state index is 0.0447. The van der Waals surface area contributed by atoms with E-state index >= 15 is 0 Å². The summed E-state index contributed by atoms with van der Waals surface area (Å²) in [4.78, 5) is 25.6. The monoisotopic (exact) mass is 336 g/mol. The second-order valence-electron chi connectivity index (χ2n) is 4.98. The van der Waals surface area contributed by atoms with Gasteiger partial charge in [0.05, 0.1) is 0 Å². The zero-order chi connectivity index (χ0) is 17.1. The smallest absolute Gasteiger partial charge is 0.347 e. The van der Waals surface area contributed by atoms with Crippen molar-refractivity contribution in [2.24, 2.45) is 0 Å². The first kappa shape index (κ1) is 18.3. The first-order valence-electron chi connectivity index (χ1n) is 6.34. The highest BCUT2D eigenvalue weighted by Gasteiger charge is 2.35. The molecule has 0 fully saturated rings. The Balaban J connectivity index is 3.11. The lowest BCUT2D eigenvalue weighted by atomic mass is 10.1. The number of alkyl halides is 3. The Bertz CT molecular complexity index is 574. The number of rotatable bonds is 4. The van der Waals surface area contributed by atoms with Crippen molar-refractivity contribution in [2.45, 2.75) is 13.1 Å². The summed E-state index contributed by atoms with van der Waals surface area (Å²) in [7, 11) is 2.81. The van der Waals surface area contributed by atoms with Crippen LogP contribution in [0.3, 0.4) is 0 Å². The molecule has 0 unspecified atom stereocenters. The SMILES string of the molecule is Cc1c(Cl)cccc1C(=O)N(CC(=O)N(C)C)CC(F)(F)F. The van der Waals surface area contributed by atoms with Gasteiger partial charge in [-0.2, -0.15) is 13.2 Å². The standard InChI is InChI=1S/C14H16ClF3N2O2/c1-9-10(5-4-6-11(9)15)13(22)20(8-14(16,17)18)7-12(21)19(2)3/h4-6H,7-8H2,1-3H3. The van der Waals surface area contributed by atoms with Crippen molar-refractivity contribution in [1.82, 2.24) is 9.80 Å². The molecule has 0 aromatic heterocycles. The summed E-state index contributed by atoms with van der Waals surface area (Å²) in [6.07, 6.45) is -4.60. The third-order valence-electron chi connectivity index (χ3n) is 2.98. The average Bonchev–Trinajstić information content (AvgIpc) is 2.38. The molecule has 0 saturated heterocycles. The summed E-state index contributed by atoms with van der Waals surface area (Å²) in [6, 6.07) is 4.39. The number of hydrogen-bond donors (Lipinski definition) is 0. The summed E-state index contributed by atoms with van der Waals surface area (Å²) >= 11 is 5.88. The Morgan fingerprint density at radius 1 is 1.23 bits per heavy atom. The van der Waals surface area contributed by atoms with Crippen molar-refractivity contribution in [3.8, 4) is 0 Å². The van der Waals surface area contributed by atoms with Crippen LogP contribution in [0.2, 0.25) is 5.02 Å². The first-order chi connectivity index (χ1) is 10.0. The van der Waals surface area contributed by atoms with E-state index in [1.54, 1.807) is 0 Å². The van der Waals surface area contributed by atoms with E-state index in [0.29, 0.717) is 10.5 Å². The third kappa shape index (κ3) is 4.91. The number of nitrogens with zero attached hydrogens (tertiary/aromatic N) is 2. The molecule has 1 aromatic carbocycles. The van der Waals surface area contributed by atoms with Crippen molar-refractivity contribution in [2.75, 3.05) is 27.2 Å². The van der Waals surface area contributed by atoms with Crippen LogP contribution >= 0.6 is 11.6 Å². The minimum Gasteiger partial charge on any atom is -0.347 e. The van der Waals surface area contributed by atoms with E-state index in [-0.39, 0.29) is 10.6 Å². The third-order valence-corrected chi connectivity index (χ3v) is 3.39. The van der Waals surface area contributed by atoms with Gasteiger partial charge in [-0.1, -0.05) is 17.7 Å². The highest BCUT2D eigenvalue weighted by Crippen LogP contribution is 2.22. The van der Waals surface area contributed by atoms with Crippen LogP contribution in [-0.4, -0.2) is 55.0 Å². The Morgan fingerprint density at radius 2 is 1.82 bits per heavy atom. The van der Waals surface area contributed by atoms with Gasteiger partial charge in [-0.25, -0.2) is 0 Å². The molecule has 0 spiro atoms. The zero-order valence-corrected chi connectivity index (χ0v) is 13.1. The fourth-order valence-corrected chi connectivity index (χ4v) is 1.90. The molecule has 0 atom stereocenters. The van der Waals surface area contributed by atoms with Crippen molar-refractivity contribution in [3.63, 3.8) is 0 Å². The largest absolute Gasteiger partial charge is 0.406 e. The van der Waals surface area contributed by atoms with Crippen LogP contribution in [0.5, 0.6) is 0 Å². The highest BCUT2D eigenvalue weighted by molar-refractivity contribution is 6.31. The number of halogens is 4. The predicted molar refractivity (Wildman–Crippen MR) is 76.8 cm³/mol. The number of benzene rings is 1. The second kappa shape index (κ2) is 7.00. The van der Waals surface area contributed by atoms with E-state index in [9.17, 15) is 22.8 Å². The Hall–Kier alpha value is -1.76. The molecule has 0 bridgehead atoms. The van der Waals surface area contributed by atoms with Gasteiger partial charge in [-0.15, -0.1) is 0 Å². The molecule has 0 heterocycles. The highest BCUT2D eigenvalue weighted by atomic mass is 35.5. The van der Waals surface area contributed by atoms with E-state index < -0.39 is 31.1 Å². The summed E-state index contributed by atoms with van der Waals surface area (Å²) < 4.78 is 38.0. The first-order valence-corrected chi connectivity index (χ1v) is 6.72. The van der Waals surface area contributed by atoms with Crippen molar-refractivity contribution in [1.29, 1.82) is 0 Å². The Morgan fingerprint density at radius 3 is 2.32 bits per heavy atom. The van der Waals surface area contributed by atoms with Gasteiger partial charge < -0.3 is 9.80 Å². The molecule has 0 saturated carbocycles. The molecular formula is C14H16ClF3N2O2. The van der Waals surface area contributed by atoms with Crippen LogP contribution in [-0.2, 0) is 4.79 Å². The molecular weight excluding hydrogens is 321 g/mol. The van der Waals surface area contributed by atoms with Crippen molar-refractivity contribution in [3.05, 3.63) is 34.3 Å². The van der Waals surface area contributed by atoms with Gasteiger partial charge >= 0.3 is 6.18 Å². The lowest BCUT2D eigenvalue weighted by Crippen LogP contribution is -2.45. The molecule has 2 amide bonds. The number of carbonyl (C=O) groups is 2. The molecule has 0 aliphatic rings. The molecule has 1 rings (SSSR count). The lowest BCUT2D eigenvalue weighted by molar-refractivity contribution is -0.146. The van der Waals surface area contributed by atoms with E-state index in [2.05, 4.69) is 0 Å². The quantitative estimate of drug-likeness (QED) is 0.848. The van der Waals surface area contributed by atoms with Gasteiger partial charge in [-0.05, 0) is 24.6 Å². The Kier molecular flexibility index (Phi) is 5.82. The average molecular weight is 337 g/mol. The topological polar surface area (TPSA) is 40.6 Å². The van der Waals surface area contributed by atoms with Gasteiger partial charge in [-0.3, -0.25) is 9.59 Å². The van der Waals surface area contributed by atoms with Crippen LogP contribution in [0.25, 0.3) is 0 Å². The van der Waals surface area contributed by atoms with E-state index in [0.717, 1.165) is 4.90 Å². The predicted octanol–water partition coefficient (Wildman–Crippen LogP) is 2.74. The number of amides is 2. The molecule has 0 aliphatic heterocycles. The molecule has 122 valence electrons. The molecule has 0 N–H and O–H groups in total. The van der Waals surface area contributed by atoms with E-state index in [4.69, 9.17) is 11.6 Å². The zero-order valence-electron chi connectivity index (χ0n) is 12.4. The van der Waals surface area contributed by atoms with Gasteiger partial charge in [0.2, 0.25) is 5.91 Å². The van der Waals surface area contributed by atoms with Crippen molar-refractivity contribution < 1.29 is 22.8 Å². The summed E-state index contributed by atoms with van der Waals surface area (Å²) in [5.41, 5.74) is 0.418. The summed E-state index contributed by atoms with van der Waals surface area (Å²) in [6.45, 7) is -0.621. The molecule has 0 radical (unpaired) electrons. The Labute approximate surface area is 131 Å².